The Labute approximate surface area is 92.0 Å². The highest BCUT2D eigenvalue weighted by Gasteiger charge is 2.68. The summed E-state index contributed by atoms with van der Waals surface area (Å²) in [4.78, 5) is 14.2. The van der Waals surface area contributed by atoms with Crippen molar-refractivity contribution in [2.24, 2.45) is 22.5 Å². The lowest BCUT2D eigenvalue weighted by Crippen LogP contribution is -2.34. The lowest BCUT2D eigenvalue weighted by molar-refractivity contribution is -0.132. The van der Waals surface area contributed by atoms with E-state index in [1.807, 2.05) is 4.90 Å². The van der Waals surface area contributed by atoms with Gasteiger partial charge < -0.3 is 10.6 Å². The quantitative estimate of drug-likeness (QED) is 0.707. The lowest BCUT2D eigenvalue weighted by atomic mass is 10.0. The van der Waals surface area contributed by atoms with Crippen molar-refractivity contribution in [1.82, 2.24) is 4.90 Å². The third-order valence-corrected chi connectivity index (χ3v) is 4.80. The van der Waals surface area contributed by atoms with Gasteiger partial charge in [-0.15, -0.1) is 0 Å². The SMILES string of the molecule is CC1(C)C(C(=O)N2CCC(N)C2)C1(C)C. The van der Waals surface area contributed by atoms with Gasteiger partial charge in [0.05, 0.1) is 0 Å². The minimum absolute atomic E-state index is 0.150. The first-order chi connectivity index (χ1) is 6.78. The molecule has 15 heavy (non-hydrogen) atoms. The van der Waals surface area contributed by atoms with E-state index in [1.54, 1.807) is 0 Å². The van der Waals surface area contributed by atoms with Gasteiger partial charge in [0.2, 0.25) is 5.91 Å². The van der Waals surface area contributed by atoms with Crippen molar-refractivity contribution in [2.45, 2.75) is 40.2 Å². The minimum Gasteiger partial charge on any atom is -0.341 e. The van der Waals surface area contributed by atoms with Gasteiger partial charge in [-0.05, 0) is 17.3 Å². The van der Waals surface area contributed by atoms with Crippen molar-refractivity contribution < 1.29 is 4.79 Å². The Kier molecular flexibility index (Phi) is 2.16. The van der Waals surface area contributed by atoms with Crippen LogP contribution in [0.5, 0.6) is 0 Å². The predicted octanol–water partition coefficient (Wildman–Crippen LogP) is 1.23. The molecular weight excluding hydrogens is 188 g/mol. The number of carbonyl (C=O) groups excluding carboxylic acids is 1. The van der Waals surface area contributed by atoms with Gasteiger partial charge in [0.25, 0.3) is 0 Å². The van der Waals surface area contributed by atoms with Crippen LogP contribution in [-0.2, 0) is 4.79 Å². The molecular formula is C12H22N2O. The Morgan fingerprint density at radius 3 is 2.13 bits per heavy atom. The maximum absolute atomic E-state index is 12.3. The van der Waals surface area contributed by atoms with E-state index < -0.39 is 0 Å². The number of carbonyl (C=O) groups is 1. The van der Waals surface area contributed by atoms with E-state index in [2.05, 4.69) is 27.7 Å². The summed E-state index contributed by atoms with van der Waals surface area (Å²) in [5.74, 6) is 0.508. The van der Waals surface area contributed by atoms with Crippen molar-refractivity contribution in [3.8, 4) is 0 Å². The van der Waals surface area contributed by atoms with Crippen LogP contribution in [0.4, 0.5) is 0 Å². The number of hydrogen-bond donors (Lipinski definition) is 1. The number of amides is 1. The van der Waals surface area contributed by atoms with E-state index in [4.69, 9.17) is 5.73 Å². The highest BCUT2D eigenvalue weighted by atomic mass is 16.2. The topological polar surface area (TPSA) is 46.3 Å². The molecule has 0 spiro atoms. The van der Waals surface area contributed by atoms with Crippen LogP contribution < -0.4 is 5.73 Å². The summed E-state index contributed by atoms with van der Waals surface area (Å²) in [6.45, 7) is 10.3. The molecule has 1 amide bonds. The summed E-state index contributed by atoms with van der Waals surface area (Å²) in [6, 6.07) is 0.193. The zero-order chi connectivity index (χ0) is 11.4. The molecule has 1 unspecified atom stereocenters. The Morgan fingerprint density at radius 2 is 1.80 bits per heavy atom. The summed E-state index contributed by atoms with van der Waals surface area (Å²) < 4.78 is 0. The van der Waals surface area contributed by atoms with E-state index in [0.29, 0.717) is 5.91 Å². The third kappa shape index (κ3) is 1.40. The molecule has 2 N–H and O–H groups in total. The Bertz CT molecular complexity index is 282. The number of rotatable bonds is 1. The molecule has 1 aliphatic heterocycles. The van der Waals surface area contributed by atoms with Crippen LogP contribution in [0.25, 0.3) is 0 Å². The van der Waals surface area contributed by atoms with E-state index >= 15 is 0 Å². The first-order valence-electron chi connectivity index (χ1n) is 5.83. The molecule has 1 heterocycles. The molecule has 86 valence electrons. The number of nitrogens with zero attached hydrogens (tertiary/aromatic N) is 1. The molecule has 3 heteroatoms. The van der Waals surface area contributed by atoms with Gasteiger partial charge in [0.15, 0.2) is 0 Å². The Hall–Kier alpha value is -0.570. The van der Waals surface area contributed by atoms with Gasteiger partial charge >= 0.3 is 0 Å². The summed E-state index contributed by atoms with van der Waals surface area (Å²) >= 11 is 0. The molecule has 0 aromatic rings. The minimum atomic E-state index is 0.150. The highest BCUT2D eigenvalue weighted by Crippen LogP contribution is 2.68. The van der Waals surface area contributed by atoms with Crippen molar-refractivity contribution in [3.05, 3.63) is 0 Å². The van der Waals surface area contributed by atoms with Crippen LogP contribution in [0.1, 0.15) is 34.1 Å². The molecule has 0 bridgehead atoms. The highest BCUT2D eigenvalue weighted by molar-refractivity contribution is 5.84. The average molecular weight is 210 g/mol. The van der Waals surface area contributed by atoms with E-state index in [-0.39, 0.29) is 22.8 Å². The third-order valence-electron chi connectivity index (χ3n) is 4.80. The summed E-state index contributed by atoms with van der Waals surface area (Å²) in [5.41, 5.74) is 6.12. The lowest BCUT2D eigenvalue weighted by Gasteiger charge is -2.16. The van der Waals surface area contributed by atoms with Gasteiger partial charge in [-0.2, -0.15) is 0 Å². The molecule has 2 aliphatic rings. The van der Waals surface area contributed by atoms with Crippen LogP contribution in [0, 0.1) is 16.7 Å². The fraction of sp³-hybridized carbons (Fsp3) is 0.917. The van der Waals surface area contributed by atoms with Gasteiger partial charge in [-0.3, -0.25) is 4.79 Å². The van der Waals surface area contributed by atoms with Crippen LogP contribution >= 0.6 is 0 Å². The van der Waals surface area contributed by atoms with E-state index in [9.17, 15) is 4.79 Å². The first kappa shape index (κ1) is 10.9. The molecule has 0 aromatic carbocycles. The first-order valence-corrected chi connectivity index (χ1v) is 5.83. The van der Waals surface area contributed by atoms with Crippen molar-refractivity contribution in [3.63, 3.8) is 0 Å². The molecule has 0 aromatic heterocycles. The molecule has 1 aliphatic carbocycles. The molecule has 1 saturated heterocycles. The van der Waals surface area contributed by atoms with Crippen molar-refractivity contribution in [1.29, 1.82) is 0 Å². The predicted molar refractivity (Wildman–Crippen MR) is 60.2 cm³/mol. The van der Waals surface area contributed by atoms with Gasteiger partial charge in [0, 0.05) is 25.0 Å². The van der Waals surface area contributed by atoms with Gasteiger partial charge in [-0.1, -0.05) is 27.7 Å². The summed E-state index contributed by atoms with van der Waals surface area (Å²) in [7, 11) is 0. The fourth-order valence-electron chi connectivity index (χ4n) is 2.98. The molecule has 2 fully saturated rings. The Morgan fingerprint density at radius 1 is 1.27 bits per heavy atom. The van der Waals surface area contributed by atoms with E-state index in [1.165, 1.54) is 0 Å². The molecule has 2 rings (SSSR count). The van der Waals surface area contributed by atoms with Crippen LogP contribution in [0.3, 0.4) is 0 Å². The number of hydrogen-bond acceptors (Lipinski definition) is 2. The molecule has 1 saturated carbocycles. The summed E-state index contributed by atoms with van der Waals surface area (Å²) in [5, 5.41) is 0. The normalized spacial score (nSPS) is 33.1. The fourth-order valence-corrected chi connectivity index (χ4v) is 2.98. The molecule has 3 nitrogen and oxygen atoms in total. The van der Waals surface area contributed by atoms with Gasteiger partial charge in [-0.25, -0.2) is 0 Å². The van der Waals surface area contributed by atoms with Crippen LogP contribution in [-0.4, -0.2) is 29.9 Å². The largest absolute Gasteiger partial charge is 0.341 e. The number of likely N-dealkylation sites (tertiary alicyclic amines) is 1. The smallest absolute Gasteiger partial charge is 0.226 e. The Balaban J connectivity index is 2.05. The maximum Gasteiger partial charge on any atom is 0.226 e. The molecule has 1 atom stereocenters. The van der Waals surface area contributed by atoms with E-state index in [0.717, 1.165) is 19.5 Å². The second kappa shape index (κ2) is 2.97. The van der Waals surface area contributed by atoms with Crippen molar-refractivity contribution in [2.75, 3.05) is 13.1 Å². The maximum atomic E-state index is 12.3. The molecule has 0 radical (unpaired) electrons. The zero-order valence-electron chi connectivity index (χ0n) is 10.2. The standard InChI is InChI=1S/C12H22N2O/c1-11(2)9(12(11,3)4)10(15)14-6-5-8(13)7-14/h8-9H,5-7,13H2,1-4H3. The summed E-state index contributed by atoms with van der Waals surface area (Å²) in [6.07, 6.45) is 0.958. The monoisotopic (exact) mass is 210 g/mol. The second-order valence-corrected chi connectivity index (χ2v) is 6.21. The van der Waals surface area contributed by atoms with Crippen molar-refractivity contribution >= 4 is 5.91 Å². The van der Waals surface area contributed by atoms with Gasteiger partial charge in [0.1, 0.15) is 0 Å². The van der Waals surface area contributed by atoms with Crippen LogP contribution in [0.2, 0.25) is 0 Å². The van der Waals surface area contributed by atoms with Crippen LogP contribution in [0.15, 0.2) is 0 Å². The zero-order valence-corrected chi connectivity index (χ0v) is 10.2. The second-order valence-electron chi connectivity index (χ2n) is 6.21. The average Bonchev–Trinajstić information content (AvgIpc) is 2.49. The number of nitrogens with two attached hydrogens (primary N) is 1.